The maximum Gasteiger partial charge on any atom is 0.338 e. The molecule has 9 heteroatoms. The smallest absolute Gasteiger partial charge is 0.338 e. The van der Waals surface area contributed by atoms with Gasteiger partial charge in [-0.05, 0) is 18.2 Å². The zero-order valence-electron chi connectivity index (χ0n) is 10.9. The zero-order chi connectivity index (χ0) is 16.3. The molecule has 0 heterocycles. The molecule has 0 atom stereocenters. The SMILES string of the molecule is O=C(O)c1cc([N+](=O)[O-])ccc1Nc1ccc([N+](=O)[O-])cc1. The summed E-state index contributed by atoms with van der Waals surface area (Å²) >= 11 is 0. The third kappa shape index (κ3) is 3.15. The average Bonchev–Trinajstić information content (AvgIpc) is 2.47. The van der Waals surface area contributed by atoms with Gasteiger partial charge in [-0.15, -0.1) is 0 Å². The van der Waals surface area contributed by atoms with E-state index >= 15 is 0 Å². The van der Waals surface area contributed by atoms with Crippen LogP contribution in [-0.2, 0) is 0 Å². The first-order valence-corrected chi connectivity index (χ1v) is 5.91. The van der Waals surface area contributed by atoms with Gasteiger partial charge in [0.1, 0.15) is 0 Å². The van der Waals surface area contributed by atoms with E-state index in [9.17, 15) is 25.0 Å². The molecule has 0 fully saturated rings. The summed E-state index contributed by atoms with van der Waals surface area (Å²) in [5.74, 6) is -1.33. The van der Waals surface area contributed by atoms with Gasteiger partial charge in [0, 0.05) is 30.0 Å². The first-order chi connectivity index (χ1) is 10.4. The Balaban J connectivity index is 2.34. The Morgan fingerprint density at radius 2 is 1.50 bits per heavy atom. The summed E-state index contributed by atoms with van der Waals surface area (Å²) in [6, 6.07) is 8.71. The van der Waals surface area contributed by atoms with E-state index in [4.69, 9.17) is 5.11 Å². The lowest BCUT2D eigenvalue weighted by molar-refractivity contribution is -0.385. The van der Waals surface area contributed by atoms with Crippen LogP contribution in [0.5, 0.6) is 0 Å². The first-order valence-electron chi connectivity index (χ1n) is 5.91. The fourth-order valence-electron chi connectivity index (χ4n) is 1.75. The quantitative estimate of drug-likeness (QED) is 0.640. The minimum absolute atomic E-state index is 0.104. The molecule has 0 unspecified atom stereocenters. The largest absolute Gasteiger partial charge is 0.478 e. The van der Waals surface area contributed by atoms with Gasteiger partial charge >= 0.3 is 5.97 Å². The lowest BCUT2D eigenvalue weighted by atomic mass is 10.1. The summed E-state index contributed by atoms with van der Waals surface area (Å²) in [6.45, 7) is 0. The zero-order valence-corrected chi connectivity index (χ0v) is 10.9. The number of nitrogens with zero attached hydrogens (tertiary/aromatic N) is 2. The van der Waals surface area contributed by atoms with Gasteiger partial charge in [0.05, 0.1) is 21.1 Å². The topological polar surface area (TPSA) is 136 Å². The third-order valence-electron chi connectivity index (χ3n) is 2.80. The van der Waals surface area contributed by atoms with Crippen LogP contribution >= 0.6 is 0 Å². The molecule has 0 aliphatic heterocycles. The Bertz CT molecular complexity index is 757. The van der Waals surface area contributed by atoms with E-state index in [0.29, 0.717) is 5.69 Å². The number of rotatable bonds is 5. The second kappa shape index (κ2) is 5.87. The molecule has 0 amide bonds. The van der Waals surface area contributed by atoms with Crippen LogP contribution in [0.3, 0.4) is 0 Å². The predicted molar refractivity (Wildman–Crippen MR) is 76.4 cm³/mol. The van der Waals surface area contributed by atoms with Gasteiger partial charge in [0.2, 0.25) is 0 Å². The van der Waals surface area contributed by atoms with Gasteiger partial charge in [0.15, 0.2) is 0 Å². The van der Waals surface area contributed by atoms with Crippen molar-refractivity contribution in [1.82, 2.24) is 0 Å². The minimum Gasteiger partial charge on any atom is -0.478 e. The number of carboxylic acid groups (broad SMARTS) is 1. The number of nitro groups is 2. The maximum absolute atomic E-state index is 11.2. The third-order valence-corrected chi connectivity index (χ3v) is 2.80. The van der Waals surface area contributed by atoms with E-state index in [1.165, 1.54) is 36.4 Å². The molecule has 0 saturated carbocycles. The average molecular weight is 303 g/mol. The van der Waals surface area contributed by atoms with Gasteiger partial charge in [0.25, 0.3) is 11.4 Å². The number of benzene rings is 2. The first kappa shape index (κ1) is 14.9. The molecule has 0 bridgehead atoms. The summed E-state index contributed by atoms with van der Waals surface area (Å²) < 4.78 is 0. The summed E-state index contributed by atoms with van der Waals surface area (Å²) in [4.78, 5) is 31.2. The normalized spacial score (nSPS) is 10.0. The van der Waals surface area contributed by atoms with Crippen LogP contribution in [0.4, 0.5) is 22.7 Å². The van der Waals surface area contributed by atoms with E-state index in [0.717, 1.165) is 6.07 Å². The number of carboxylic acids is 1. The fourth-order valence-corrected chi connectivity index (χ4v) is 1.75. The monoisotopic (exact) mass is 303 g/mol. The van der Waals surface area contributed by atoms with Gasteiger partial charge < -0.3 is 10.4 Å². The second-order valence-electron chi connectivity index (χ2n) is 4.22. The van der Waals surface area contributed by atoms with E-state index in [-0.39, 0.29) is 22.6 Å². The number of carbonyl (C=O) groups is 1. The van der Waals surface area contributed by atoms with Gasteiger partial charge in [-0.2, -0.15) is 0 Å². The summed E-state index contributed by atoms with van der Waals surface area (Å²) in [5, 5.41) is 33.1. The highest BCUT2D eigenvalue weighted by molar-refractivity contribution is 5.96. The Morgan fingerprint density at radius 3 is 2.00 bits per heavy atom. The number of non-ortho nitro benzene ring substituents is 2. The molecule has 22 heavy (non-hydrogen) atoms. The number of nitrogens with one attached hydrogen (secondary N) is 1. The van der Waals surface area contributed by atoms with Crippen molar-refractivity contribution in [2.24, 2.45) is 0 Å². The van der Waals surface area contributed by atoms with Gasteiger partial charge in [-0.3, -0.25) is 20.2 Å². The molecule has 2 aromatic carbocycles. The lowest BCUT2D eigenvalue weighted by Crippen LogP contribution is -2.04. The lowest BCUT2D eigenvalue weighted by Gasteiger charge is -2.09. The van der Waals surface area contributed by atoms with Crippen molar-refractivity contribution in [3.63, 3.8) is 0 Å². The van der Waals surface area contributed by atoms with Crippen molar-refractivity contribution in [2.45, 2.75) is 0 Å². The fraction of sp³-hybridized carbons (Fsp3) is 0. The standard InChI is InChI=1S/C13H9N3O6/c17-13(18)11-7-10(16(21)22)5-6-12(11)14-8-1-3-9(4-2-8)15(19)20/h1-7,14H,(H,17,18). The maximum atomic E-state index is 11.2. The highest BCUT2D eigenvalue weighted by Gasteiger charge is 2.16. The Hall–Kier alpha value is -3.49. The molecule has 0 spiro atoms. The highest BCUT2D eigenvalue weighted by Crippen LogP contribution is 2.26. The van der Waals surface area contributed by atoms with Crippen LogP contribution in [0.15, 0.2) is 42.5 Å². The second-order valence-corrected chi connectivity index (χ2v) is 4.22. The predicted octanol–water partition coefficient (Wildman–Crippen LogP) is 2.94. The molecule has 112 valence electrons. The van der Waals surface area contributed by atoms with Crippen LogP contribution in [0.25, 0.3) is 0 Å². The van der Waals surface area contributed by atoms with Crippen LogP contribution in [0.1, 0.15) is 10.4 Å². The van der Waals surface area contributed by atoms with Crippen molar-refractivity contribution in [1.29, 1.82) is 0 Å². The van der Waals surface area contributed by atoms with Crippen molar-refractivity contribution in [3.05, 3.63) is 68.3 Å². The molecule has 2 aromatic rings. The Morgan fingerprint density at radius 1 is 0.955 bits per heavy atom. The van der Waals surface area contributed by atoms with E-state index in [1.807, 2.05) is 0 Å². The van der Waals surface area contributed by atoms with Crippen LogP contribution < -0.4 is 5.32 Å². The number of hydrogen-bond acceptors (Lipinski definition) is 6. The van der Waals surface area contributed by atoms with E-state index in [1.54, 1.807) is 0 Å². The highest BCUT2D eigenvalue weighted by atomic mass is 16.6. The van der Waals surface area contributed by atoms with Crippen LogP contribution in [0.2, 0.25) is 0 Å². The number of hydrogen-bond donors (Lipinski definition) is 2. The summed E-state index contributed by atoms with van der Waals surface area (Å²) in [5.41, 5.74) is -0.152. The number of aromatic carboxylic acids is 1. The van der Waals surface area contributed by atoms with Crippen molar-refractivity contribution < 1.29 is 19.7 Å². The molecule has 0 radical (unpaired) electrons. The minimum atomic E-state index is -1.33. The van der Waals surface area contributed by atoms with E-state index < -0.39 is 15.8 Å². The van der Waals surface area contributed by atoms with Gasteiger partial charge in [-0.25, -0.2) is 4.79 Å². The Kier molecular flexibility index (Phi) is 3.98. The van der Waals surface area contributed by atoms with Gasteiger partial charge in [-0.1, -0.05) is 0 Å². The molecule has 9 nitrogen and oxygen atoms in total. The molecule has 2 N–H and O–H groups in total. The molecule has 2 rings (SSSR count). The van der Waals surface area contributed by atoms with Crippen molar-refractivity contribution >= 4 is 28.7 Å². The van der Waals surface area contributed by atoms with Crippen LogP contribution in [-0.4, -0.2) is 20.9 Å². The molecular weight excluding hydrogens is 294 g/mol. The molecule has 0 aliphatic carbocycles. The molecule has 0 saturated heterocycles. The molecule has 0 aliphatic rings. The van der Waals surface area contributed by atoms with Crippen molar-refractivity contribution in [2.75, 3.05) is 5.32 Å². The molecular formula is C13H9N3O6. The van der Waals surface area contributed by atoms with Crippen LogP contribution in [0, 0.1) is 20.2 Å². The summed E-state index contributed by atoms with van der Waals surface area (Å²) in [6.07, 6.45) is 0. The Labute approximate surface area is 123 Å². The summed E-state index contributed by atoms with van der Waals surface area (Å²) in [7, 11) is 0. The molecule has 0 aromatic heterocycles. The number of nitro benzene ring substituents is 2. The van der Waals surface area contributed by atoms with Crippen molar-refractivity contribution in [3.8, 4) is 0 Å². The van der Waals surface area contributed by atoms with E-state index in [2.05, 4.69) is 5.32 Å². The number of anilines is 2.